The first-order valence-electron chi connectivity index (χ1n) is 11.2. The van der Waals surface area contributed by atoms with E-state index in [-0.39, 0.29) is 17.8 Å². The summed E-state index contributed by atoms with van der Waals surface area (Å²) in [4.78, 5) is 1.43. The third-order valence-corrected chi connectivity index (χ3v) is 6.87. The van der Waals surface area contributed by atoms with Crippen LogP contribution in [-0.4, -0.2) is 17.7 Å². The van der Waals surface area contributed by atoms with Crippen LogP contribution in [0.3, 0.4) is 0 Å². The van der Waals surface area contributed by atoms with E-state index in [0.29, 0.717) is 6.04 Å². The fourth-order valence-corrected chi connectivity index (χ4v) is 4.83. The van der Waals surface area contributed by atoms with Crippen molar-refractivity contribution in [2.75, 3.05) is 6.54 Å². The van der Waals surface area contributed by atoms with Crippen LogP contribution >= 0.6 is 0 Å². The SMILES string of the molecule is CCC1(C(O)(C#CC[NH+](Cc2ccccc2)C(C)C)c2ccccc2)CCCC1.[Cl-]. The second-order valence-electron chi connectivity index (χ2n) is 8.87. The summed E-state index contributed by atoms with van der Waals surface area (Å²) >= 11 is 0. The Morgan fingerprint density at radius 1 is 1.00 bits per heavy atom. The minimum absolute atomic E-state index is 0. The second-order valence-corrected chi connectivity index (χ2v) is 8.87. The molecule has 3 rings (SSSR count). The first kappa shape index (κ1) is 24.5. The van der Waals surface area contributed by atoms with Crippen molar-refractivity contribution in [3.05, 3.63) is 71.8 Å². The molecular formula is C27H36ClNO. The molecule has 2 atom stereocenters. The van der Waals surface area contributed by atoms with Crippen LogP contribution < -0.4 is 17.3 Å². The summed E-state index contributed by atoms with van der Waals surface area (Å²) < 4.78 is 0. The highest BCUT2D eigenvalue weighted by atomic mass is 35.5. The van der Waals surface area contributed by atoms with Crippen molar-refractivity contribution in [3.63, 3.8) is 0 Å². The van der Waals surface area contributed by atoms with Crippen molar-refractivity contribution >= 4 is 0 Å². The molecule has 2 aromatic carbocycles. The zero-order valence-corrected chi connectivity index (χ0v) is 19.4. The lowest BCUT2D eigenvalue weighted by Gasteiger charge is -2.42. The largest absolute Gasteiger partial charge is 1.00 e. The van der Waals surface area contributed by atoms with Crippen molar-refractivity contribution in [2.45, 2.75) is 71.1 Å². The zero-order chi connectivity index (χ0) is 20.7. The van der Waals surface area contributed by atoms with Gasteiger partial charge in [-0.25, -0.2) is 0 Å². The Balaban J connectivity index is 0.00000320. The predicted octanol–water partition coefficient (Wildman–Crippen LogP) is 1.35. The quantitative estimate of drug-likeness (QED) is 0.643. The Morgan fingerprint density at radius 3 is 2.10 bits per heavy atom. The molecule has 3 heteroatoms. The molecule has 1 fully saturated rings. The van der Waals surface area contributed by atoms with Gasteiger partial charge in [0, 0.05) is 11.0 Å². The Bertz CT molecular complexity index is 818. The first-order chi connectivity index (χ1) is 14.0. The molecule has 162 valence electrons. The molecule has 2 unspecified atom stereocenters. The summed E-state index contributed by atoms with van der Waals surface area (Å²) in [6, 6.07) is 21.2. The van der Waals surface area contributed by atoms with Gasteiger partial charge in [0.05, 0.1) is 6.04 Å². The van der Waals surface area contributed by atoms with E-state index in [1.54, 1.807) is 0 Å². The molecule has 0 heterocycles. The van der Waals surface area contributed by atoms with Crippen LogP contribution in [0.5, 0.6) is 0 Å². The highest BCUT2D eigenvalue weighted by Crippen LogP contribution is 2.53. The summed E-state index contributed by atoms with van der Waals surface area (Å²) in [6.45, 7) is 8.39. The maximum atomic E-state index is 12.0. The van der Waals surface area contributed by atoms with Crippen molar-refractivity contribution in [2.24, 2.45) is 5.41 Å². The molecule has 30 heavy (non-hydrogen) atoms. The molecule has 1 aliphatic rings. The van der Waals surface area contributed by atoms with Crippen LogP contribution in [0.15, 0.2) is 60.7 Å². The number of nitrogens with one attached hydrogen (secondary N) is 1. The van der Waals surface area contributed by atoms with Gasteiger partial charge >= 0.3 is 0 Å². The minimum atomic E-state index is -1.08. The van der Waals surface area contributed by atoms with E-state index in [1.807, 2.05) is 30.3 Å². The fraction of sp³-hybridized carbons (Fsp3) is 0.481. The lowest BCUT2D eigenvalue weighted by Crippen LogP contribution is -3.13. The summed E-state index contributed by atoms with van der Waals surface area (Å²) in [5.41, 5.74) is 1.06. The van der Waals surface area contributed by atoms with Crippen LogP contribution in [0.1, 0.15) is 64.0 Å². The number of hydrogen-bond acceptors (Lipinski definition) is 1. The van der Waals surface area contributed by atoms with Crippen LogP contribution in [-0.2, 0) is 12.1 Å². The minimum Gasteiger partial charge on any atom is -1.00 e. The van der Waals surface area contributed by atoms with Gasteiger partial charge in [-0.05, 0) is 44.6 Å². The maximum absolute atomic E-state index is 12.0. The van der Waals surface area contributed by atoms with Crippen molar-refractivity contribution in [1.82, 2.24) is 0 Å². The van der Waals surface area contributed by atoms with Gasteiger partial charge in [-0.1, -0.05) is 86.3 Å². The molecule has 0 amide bonds. The summed E-state index contributed by atoms with van der Waals surface area (Å²) in [5.74, 6) is 6.83. The first-order valence-corrected chi connectivity index (χ1v) is 11.2. The number of aliphatic hydroxyl groups is 1. The lowest BCUT2D eigenvalue weighted by atomic mass is 9.65. The summed E-state index contributed by atoms with van der Waals surface area (Å²) in [5, 5.41) is 12.0. The molecule has 2 nitrogen and oxygen atoms in total. The molecule has 1 saturated carbocycles. The van der Waals surface area contributed by atoms with E-state index in [9.17, 15) is 5.11 Å². The van der Waals surface area contributed by atoms with E-state index in [1.165, 1.54) is 23.3 Å². The topological polar surface area (TPSA) is 24.7 Å². The van der Waals surface area contributed by atoms with Crippen molar-refractivity contribution in [3.8, 4) is 11.8 Å². The van der Waals surface area contributed by atoms with E-state index in [0.717, 1.165) is 37.9 Å². The van der Waals surface area contributed by atoms with E-state index in [2.05, 4.69) is 62.9 Å². The summed E-state index contributed by atoms with van der Waals surface area (Å²) in [7, 11) is 0. The molecule has 0 spiro atoms. The molecule has 0 radical (unpaired) electrons. The molecule has 1 aliphatic carbocycles. The van der Waals surface area contributed by atoms with Gasteiger partial charge in [-0.3, -0.25) is 0 Å². The predicted molar refractivity (Wildman–Crippen MR) is 120 cm³/mol. The van der Waals surface area contributed by atoms with Gasteiger partial charge in [-0.15, -0.1) is 0 Å². The third-order valence-electron chi connectivity index (χ3n) is 6.87. The Hall–Kier alpha value is -1.79. The Kier molecular flexibility index (Phi) is 8.98. The Morgan fingerprint density at radius 2 is 1.57 bits per heavy atom. The van der Waals surface area contributed by atoms with Crippen LogP contribution in [0.25, 0.3) is 0 Å². The van der Waals surface area contributed by atoms with Crippen LogP contribution in [0.2, 0.25) is 0 Å². The lowest BCUT2D eigenvalue weighted by molar-refractivity contribution is -0.928. The maximum Gasteiger partial charge on any atom is 0.156 e. The molecule has 0 saturated heterocycles. The third kappa shape index (κ3) is 5.27. The normalized spacial score (nSPS) is 18.0. The van der Waals surface area contributed by atoms with Gasteiger partial charge in [0.2, 0.25) is 0 Å². The zero-order valence-electron chi connectivity index (χ0n) is 18.6. The molecule has 2 N–H and O–H groups in total. The number of halogens is 1. The molecular weight excluding hydrogens is 390 g/mol. The molecule has 0 aromatic heterocycles. The fourth-order valence-electron chi connectivity index (χ4n) is 4.83. The number of quaternary nitrogens is 1. The molecule has 0 aliphatic heterocycles. The summed E-state index contributed by atoms with van der Waals surface area (Å²) in [6.07, 6.45) is 5.42. The van der Waals surface area contributed by atoms with Gasteiger partial charge in [0.15, 0.2) is 5.60 Å². The smallest absolute Gasteiger partial charge is 0.156 e. The van der Waals surface area contributed by atoms with E-state index < -0.39 is 5.60 Å². The van der Waals surface area contributed by atoms with Crippen molar-refractivity contribution < 1.29 is 22.4 Å². The van der Waals surface area contributed by atoms with Gasteiger partial charge in [-0.2, -0.15) is 0 Å². The highest BCUT2D eigenvalue weighted by molar-refractivity contribution is 5.36. The standard InChI is InChI=1S/C27H35NO.ClH/c1-4-26(18-11-12-19-26)27(29,25-16-9-6-10-17-25)20-13-21-28(23(2)3)22-24-14-7-5-8-15-24;/h5-10,14-17,23,29H,4,11-12,18-19,21-22H2,1-3H3;1H. The number of rotatable bonds is 7. The highest BCUT2D eigenvalue weighted by Gasteiger charge is 2.50. The number of benzene rings is 2. The van der Waals surface area contributed by atoms with E-state index in [4.69, 9.17) is 0 Å². The van der Waals surface area contributed by atoms with Crippen LogP contribution in [0.4, 0.5) is 0 Å². The second kappa shape index (κ2) is 11.0. The Labute approximate surface area is 189 Å². The average molecular weight is 426 g/mol. The number of hydrogen-bond donors (Lipinski definition) is 2. The van der Waals surface area contributed by atoms with Crippen LogP contribution in [0, 0.1) is 17.3 Å². The van der Waals surface area contributed by atoms with Crippen molar-refractivity contribution in [1.29, 1.82) is 0 Å². The van der Waals surface area contributed by atoms with E-state index >= 15 is 0 Å². The van der Waals surface area contributed by atoms with Gasteiger partial charge in [0.1, 0.15) is 13.1 Å². The van der Waals surface area contributed by atoms with Gasteiger partial charge < -0.3 is 22.4 Å². The average Bonchev–Trinajstić information content (AvgIpc) is 3.25. The molecule has 2 aromatic rings. The van der Waals surface area contributed by atoms with Gasteiger partial charge in [0.25, 0.3) is 0 Å². The molecule has 0 bridgehead atoms. The monoisotopic (exact) mass is 425 g/mol.